The van der Waals surface area contributed by atoms with Crippen LogP contribution in [0.1, 0.15) is 34.0 Å². The quantitative estimate of drug-likeness (QED) is 0.274. The molecule has 0 radical (unpaired) electrons. The minimum Gasteiger partial charge on any atom is -0.506 e. The zero-order chi connectivity index (χ0) is 28.1. The Balaban J connectivity index is 1.63. The van der Waals surface area contributed by atoms with Crippen molar-refractivity contribution in [3.8, 4) is 5.75 Å². The molecule has 0 fully saturated rings. The summed E-state index contributed by atoms with van der Waals surface area (Å²) in [6, 6.07) is 17.4. The fraction of sp³-hybridized carbons (Fsp3) is 0.138. The van der Waals surface area contributed by atoms with Gasteiger partial charge < -0.3 is 14.6 Å². The maximum atomic E-state index is 12.9. The number of benzene rings is 3. The standard InChI is InChI=1S/C29H22Cl3NO5S/c1-3-37-29(36)24-25(34)23(39-28(24)33-27(35)20-7-5-4-6-16(20)2)14-18-12-21(31)26(22(32)13-18)38-15-17-8-10-19(30)11-9-17/h4-14,34H,3,15H2,1-2H3/b23-14-,33-28?. The molecule has 1 heterocycles. The van der Waals surface area contributed by atoms with Crippen LogP contribution < -0.4 is 4.74 Å². The number of aliphatic hydroxyl groups excluding tert-OH is 1. The van der Waals surface area contributed by atoms with Crippen molar-refractivity contribution in [3.05, 3.63) is 114 Å². The molecule has 1 aliphatic rings. The molecule has 0 spiro atoms. The lowest BCUT2D eigenvalue weighted by molar-refractivity contribution is -0.138. The van der Waals surface area contributed by atoms with Crippen LogP contribution in [0.15, 0.2) is 81.9 Å². The molecule has 1 aliphatic heterocycles. The molecule has 0 atom stereocenters. The maximum Gasteiger partial charge on any atom is 0.344 e. The number of hydrogen-bond donors (Lipinski definition) is 1. The first-order valence-electron chi connectivity index (χ1n) is 11.7. The zero-order valence-corrected chi connectivity index (χ0v) is 23.9. The summed E-state index contributed by atoms with van der Waals surface area (Å²) in [5, 5.41) is 12.1. The van der Waals surface area contributed by atoms with Gasteiger partial charge in [-0.1, -0.05) is 76.9 Å². The number of halogens is 3. The summed E-state index contributed by atoms with van der Waals surface area (Å²) in [7, 11) is 0. The van der Waals surface area contributed by atoms with Crippen molar-refractivity contribution in [2.45, 2.75) is 20.5 Å². The number of aliphatic hydroxyl groups is 1. The Bertz CT molecular complexity index is 1510. The predicted molar refractivity (Wildman–Crippen MR) is 157 cm³/mol. The molecule has 0 aromatic heterocycles. The molecular weight excluding hydrogens is 581 g/mol. The van der Waals surface area contributed by atoms with Crippen molar-refractivity contribution in [1.82, 2.24) is 0 Å². The third-order valence-corrected chi connectivity index (χ3v) is 7.40. The summed E-state index contributed by atoms with van der Waals surface area (Å²) < 4.78 is 10.9. The van der Waals surface area contributed by atoms with E-state index < -0.39 is 11.9 Å². The van der Waals surface area contributed by atoms with Crippen LogP contribution in [-0.2, 0) is 16.1 Å². The van der Waals surface area contributed by atoms with Gasteiger partial charge in [0.05, 0.1) is 21.6 Å². The van der Waals surface area contributed by atoms with Gasteiger partial charge in [-0.15, -0.1) is 0 Å². The van der Waals surface area contributed by atoms with Crippen LogP contribution in [-0.4, -0.2) is 28.6 Å². The van der Waals surface area contributed by atoms with Gasteiger partial charge >= 0.3 is 5.97 Å². The highest BCUT2D eigenvalue weighted by Crippen LogP contribution is 2.41. The zero-order valence-electron chi connectivity index (χ0n) is 20.8. The number of hydrogen-bond acceptors (Lipinski definition) is 6. The van der Waals surface area contributed by atoms with Crippen molar-refractivity contribution in [2.24, 2.45) is 4.99 Å². The highest BCUT2D eigenvalue weighted by molar-refractivity contribution is 8.18. The number of carbonyl (C=O) groups is 2. The van der Waals surface area contributed by atoms with E-state index in [1.54, 1.807) is 62.4 Å². The van der Waals surface area contributed by atoms with E-state index in [0.29, 0.717) is 21.9 Å². The van der Waals surface area contributed by atoms with Gasteiger partial charge in [0, 0.05) is 10.6 Å². The first-order valence-corrected chi connectivity index (χ1v) is 13.7. The summed E-state index contributed by atoms with van der Waals surface area (Å²) in [6.45, 7) is 3.75. The third-order valence-electron chi connectivity index (χ3n) is 5.56. The molecule has 3 aromatic rings. The number of ether oxygens (including phenoxy) is 2. The van der Waals surface area contributed by atoms with Crippen LogP contribution in [0.5, 0.6) is 5.75 Å². The highest BCUT2D eigenvalue weighted by Gasteiger charge is 2.34. The molecule has 0 unspecified atom stereocenters. The van der Waals surface area contributed by atoms with E-state index in [-0.39, 0.29) is 44.5 Å². The fourth-order valence-electron chi connectivity index (χ4n) is 3.65. The Kier molecular flexibility index (Phi) is 9.40. The largest absolute Gasteiger partial charge is 0.506 e. The number of amides is 1. The van der Waals surface area contributed by atoms with E-state index >= 15 is 0 Å². The van der Waals surface area contributed by atoms with Gasteiger partial charge in [-0.2, -0.15) is 0 Å². The molecule has 0 aliphatic carbocycles. The molecule has 0 bridgehead atoms. The first kappa shape index (κ1) is 28.8. The van der Waals surface area contributed by atoms with Gasteiger partial charge in [0.25, 0.3) is 5.91 Å². The fourth-order valence-corrected chi connectivity index (χ4v) is 5.40. The Morgan fingerprint density at radius 2 is 1.69 bits per heavy atom. The molecule has 0 saturated carbocycles. The smallest absolute Gasteiger partial charge is 0.344 e. The van der Waals surface area contributed by atoms with Gasteiger partial charge in [0.15, 0.2) is 5.75 Å². The van der Waals surface area contributed by atoms with Gasteiger partial charge in [0.2, 0.25) is 0 Å². The van der Waals surface area contributed by atoms with E-state index in [4.69, 9.17) is 44.3 Å². The number of carbonyl (C=O) groups excluding carboxylic acids is 2. The van der Waals surface area contributed by atoms with Crippen molar-refractivity contribution in [2.75, 3.05) is 6.61 Å². The van der Waals surface area contributed by atoms with Gasteiger partial charge in [0.1, 0.15) is 23.0 Å². The van der Waals surface area contributed by atoms with Crippen LogP contribution in [0.3, 0.4) is 0 Å². The first-order chi connectivity index (χ1) is 18.7. The predicted octanol–water partition coefficient (Wildman–Crippen LogP) is 8.24. The van der Waals surface area contributed by atoms with Crippen molar-refractivity contribution >= 4 is 69.6 Å². The van der Waals surface area contributed by atoms with Crippen molar-refractivity contribution < 1.29 is 24.2 Å². The lowest BCUT2D eigenvalue weighted by atomic mass is 10.1. The number of esters is 1. The minimum absolute atomic E-state index is 0.0329. The monoisotopic (exact) mass is 601 g/mol. The number of aryl methyl sites for hydroxylation is 1. The van der Waals surface area contributed by atoms with Crippen LogP contribution in [0, 0.1) is 6.92 Å². The molecule has 1 N–H and O–H groups in total. The Labute approximate surface area is 244 Å². The topological polar surface area (TPSA) is 85.2 Å². The molecule has 1 amide bonds. The van der Waals surface area contributed by atoms with Gasteiger partial charge in [-0.25, -0.2) is 9.79 Å². The molecule has 10 heteroatoms. The normalized spacial score (nSPS) is 15.2. The van der Waals surface area contributed by atoms with Crippen LogP contribution in [0.2, 0.25) is 15.1 Å². The van der Waals surface area contributed by atoms with Crippen molar-refractivity contribution in [1.29, 1.82) is 0 Å². The molecule has 0 saturated heterocycles. The number of rotatable bonds is 7. The number of thioether (sulfide) groups is 1. The summed E-state index contributed by atoms with van der Waals surface area (Å²) in [5.41, 5.74) is 2.36. The minimum atomic E-state index is -0.788. The lowest BCUT2D eigenvalue weighted by Crippen LogP contribution is -2.14. The summed E-state index contributed by atoms with van der Waals surface area (Å²) in [5.74, 6) is -1.39. The van der Waals surface area contributed by atoms with Crippen LogP contribution >= 0.6 is 46.6 Å². The second-order valence-corrected chi connectivity index (χ2v) is 10.6. The SMILES string of the molecule is CCOC(=O)C1=C(O)/C(=C/c2cc(Cl)c(OCc3ccc(Cl)cc3)c(Cl)c2)SC1=NC(=O)c1ccccc1C. The summed E-state index contributed by atoms with van der Waals surface area (Å²) >= 11 is 19.8. The van der Waals surface area contributed by atoms with E-state index in [0.717, 1.165) is 22.9 Å². The second kappa shape index (κ2) is 12.7. The average Bonchev–Trinajstić information content (AvgIpc) is 3.19. The molecule has 6 nitrogen and oxygen atoms in total. The molecule has 200 valence electrons. The van der Waals surface area contributed by atoms with E-state index in [9.17, 15) is 14.7 Å². The summed E-state index contributed by atoms with van der Waals surface area (Å²) in [4.78, 5) is 30.0. The van der Waals surface area contributed by atoms with Gasteiger partial charge in [-0.05, 0) is 66.9 Å². The summed E-state index contributed by atoms with van der Waals surface area (Å²) in [6.07, 6.45) is 1.58. The Morgan fingerprint density at radius 1 is 1.03 bits per heavy atom. The number of nitrogens with zero attached hydrogens (tertiary/aromatic N) is 1. The lowest BCUT2D eigenvalue weighted by Gasteiger charge is -2.11. The number of aliphatic imine (C=N–C) groups is 1. The second-order valence-electron chi connectivity index (χ2n) is 8.32. The van der Waals surface area contributed by atoms with Crippen molar-refractivity contribution in [3.63, 3.8) is 0 Å². The van der Waals surface area contributed by atoms with Crippen LogP contribution in [0.25, 0.3) is 6.08 Å². The molecule has 3 aromatic carbocycles. The van der Waals surface area contributed by atoms with Gasteiger partial charge in [-0.3, -0.25) is 4.79 Å². The maximum absolute atomic E-state index is 12.9. The van der Waals surface area contributed by atoms with E-state index in [1.165, 1.54) is 0 Å². The Hall–Kier alpha value is -3.23. The third kappa shape index (κ3) is 6.86. The molecular formula is C29H22Cl3NO5S. The Morgan fingerprint density at radius 3 is 2.33 bits per heavy atom. The van der Waals surface area contributed by atoms with E-state index in [1.807, 2.05) is 18.2 Å². The molecule has 4 rings (SSSR count). The van der Waals surface area contributed by atoms with Crippen LogP contribution in [0.4, 0.5) is 0 Å². The highest BCUT2D eigenvalue weighted by atomic mass is 35.5. The average molecular weight is 603 g/mol. The molecule has 39 heavy (non-hydrogen) atoms. The van der Waals surface area contributed by atoms with E-state index in [2.05, 4.69) is 4.99 Å².